The third kappa shape index (κ3) is 2.02. The summed E-state index contributed by atoms with van der Waals surface area (Å²) in [4.78, 5) is 15.7. The van der Waals surface area contributed by atoms with E-state index in [1.165, 1.54) is 24.8 Å². The van der Waals surface area contributed by atoms with Gasteiger partial charge in [0.1, 0.15) is 5.69 Å². The van der Waals surface area contributed by atoms with Gasteiger partial charge < -0.3 is 4.74 Å². The van der Waals surface area contributed by atoms with Crippen LogP contribution in [0, 0.1) is 0 Å². The van der Waals surface area contributed by atoms with Gasteiger partial charge in [-0.3, -0.25) is 4.79 Å². The summed E-state index contributed by atoms with van der Waals surface area (Å²) in [6.45, 7) is 0. The molecule has 0 spiro atoms. The van der Waals surface area contributed by atoms with Crippen LogP contribution in [0.25, 0.3) is 0 Å². The second kappa shape index (κ2) is 4.18. The van der Waals surface area contributed by atoms with Gasteiger partial charge >= 0.3 is 0 Å². The van der Waals surface area contributed by atoms with Crippen molar-refractivity contribution in [3.63, 3.8) is 0 Å². The van der Waals surface area contributed by atoms with Crippen LogP contribution < -0.4 is 4.74 Å². The Hall–Kier alpha value is -1.75. The minimum Gasteiger partial charge on any atom is -0.481 e. The van der Waals surface area contributed by atoms with E-state index in [0.29, 0.717) is 17.1 Å². The van der Waals surface area contributed by atoms with Gasteiger partial charge in [0, 0.05) is 23.2 Å². The predicted molar refractivity (Wildman–Crippen MR) is 56.3 cm³/mol. The van der Waals surface area contributed by atoms with Crippen molar-refractivity contribution < 1.29 is 9.53 Å². The van der Waals surface area contributed by atoms with Crippen LogP contribution in [0.15, 0.2) is 29.8 Å². The van der Waals surface area contributed by atoms with Gasteiger partial charge in [0.05, 0.1) is 7.11 Å². The fraction of sp³-hybridized carbons (Fsp3) is 0.100. The van der Waals surface area contributed by atoms with Crippen LogP contribution in [0.5, 0.6) is 5.88 Å². The zero-order valence-corrected chi connectivity index (χ0v) is 8.82. The number of rotatable bonds is 3. The molecule has 0 unspecified atom stereocenters. The molecule has 4 nitrogen and oxygen atoms in total. The van der Waals surface area contributed by atoms with Crippen molar-refractivity contribution in [2.24, 2.45) is 0 Å². The van der Waals surface area contributed by atoms with E-state index < -0.39 is 0 Å². The molecule has 2 aromatic rings. The van der Waals surface area contributed by atoms with Crippen LogP contribution in [0.2, 0.25) is 0 Å². The summed E-state index contributed by atoms with van der Waals surface area (Å²) in [6.07, 6.45) is 1.49. The van der Waals surface area contributed by atoms with E-state index in [2.05, 4.69) is 9.36 Å². The molecule has 0 radical (unpaired) electrons. The topological polar surface area (TPSA) is 52.1 Å². The molecule has 0 aromatic carbocycles. The van der Waals surface area contributed by atoms with Crippen molar-refractivity contribution in [1.82, 2.24) is 9.36 Å². The smallest absolute Gasteiger partial charge is 0.213 e. The molecule has 2 rings (SSSR count). The molecule has 0 aliphatic rings. The Morgan fingerprint density at radius 3 is 2.80 bits per heavy atom. The lowest BCUT2D eigenvalue weighted by atomic mass is 10.1. The van der Waals surface area contributed by atoms with E-state index in [1.807, 2.05) is 0 Å². The van der Waals surface area contributed by atoms with Crippen LogP contribution in [0.1, 0.15) is 16.1 Å². The lowest BCUT2D eigenvalue weighted by molar-refractivity contribution is 0.103. The summed E-state index contributed by atoms with van der Waals surface area (Å²) in [5.74, 6) is 0.372. The van der Waals surface area contributed by atoms with Crippen molar-refractivity contribution in [3.8, 4) is 5.88 Å². The molecule has 0 aliphatic heterocycles. The fourth-order valence-corrected chi connectivity index (χ4v) is 1.62. The lowest BCUT2D eigenvalue weighted by Crippen LogP contribution is -2.02. The molecule has 0 saturated carbocycles. The molecule has 15 heavy (non-hydrogen) atoms. The van der Waals surface area contributed by atoms with Gasteiger partial charge in [-0.2, -0.15) is 4.37 Å². The highest BCUT2D eigenvalue weighted by atomic mass is 32.1. The van der Waals surface area contributed by atoms with E-state index in [1.54, 1.807) is 23.6 Å². The number of methoxy groups -OCH3 is 1. The molecule has 0 N–H and O–H groups in total. The van der Waals surface area contributed by atoms with E-state index in [-0.39, 0.29) is 5.78 Å². The van der Waals surface area contributed by atoms with Gasteiger partial charge in [-0.15, -0.1) is 0 Å². The van der Waals surface area contributed by atoms with Gasteiger partial charge in [-0.1, -0.05) is 0 Å². The van der Waals surface area contributed by atoms with E-state index in [0.717, 1.165) is 0 Å². The van der Waals surface area contributed by atoms with E-state index in [4.69, 9.17) is 4.74 Å². The number of hydrogen-bond donors (Lipinski definition) is 0. The molecule has 0 saturated heterocycles. The summed E-state index contributed by atoms with van der Waals surface area (Å²) in [5, 5.41) is 1.77. The fourth-order valence-electron chi connectivity index (χ4n) is 1.11. The van der Waals surface area contributed by atoms with Gasteiger partial charge in [0.25, 0.3) is 0 Å². The highest BCUT2D eigenvalue weighted by molar-refractivity contribution is 7.03. The van der Waals surface area contributed by atoms with E-state index in [9.17, 15) is 4.79 Å². The van der Waals surface area contributed by atoms with Crippen molar-refractivity contribution in [1.29, 1.82) is 0 Å². The standard InChI is InChI=1S/C10H8N2O2S/c1-14-9-3-2-7(6-11-9)10(13)8-4-5-15-12-8/h2-6H,1H3. The maximum atomic E-state index is 11.8. The largest absolute Gasteiger partial charge is 0.481 e. The van der Waals surface area contributed by atoms with Crippen LogP contribution >= 0.6 is 11.5 Å². The first kappa shape index (κ1) is 9.79. The van der Waals surface area contributed by atoms with Crippen LogP contribution in [-0.2, 0) is 0 Å². The Balaban J connectivity index is 2.27. The number of pyridine rings is 1. The van der Waals surface area contributed by atoms with Crippen LogP contribution in [0.3, 0.4) is 0 Å². The Labute approximate surface area is 90.7 Å². The minimum atomic E-state index is -0.119. The van der Waals surface area contributed by atoms with E-state index >= 15 is 0 Å². The zero-order chi connectivity index (χ0) is 10.7. The van der Waals surface area contributed by atoms with Crippen molar-refractivity contribution in [2.45, 2.75) is 0 Å². The molecule has 0 atom stereocenters. The monoisotopic (exact) mass is 220 g/mol. The van der Waals surface area contributed by atoms with Gasteiger partial charge in [0.15, 0.2) is 0 Å². The Kier molecular flexibility index (Phi) is 2.73. The van der Waals surface area contributed by atoms with Crippen molar-refractivity contribution in [3.05, 3.63) is 41.0 Å². The first-order chi connectivity index (χ1) is 7.31. The molecule has 2 aromatic heterocycles. The van der Waals surface area contributed by atoms with Gasteiger partial charge in [-0.05, 0) is 23.7 Å². The first-order valence-electron chi connectivity index (χ1n) is 4.26. The molecule has 5 heteroatoms. The number of carbonyl (C=O) groups is 1. The van der Waals surface area contributed by atoms with Gasteiger partial charge in [0.2, 0.25) is 11.7 Å². The minimum absolute atomic E-state index is 0.119. The molecule has 76 valence electrons. The quantitative estimate of drug-likeness (QED) is 0.740. The Morgan fingerprint density at radius 1 is 1.40 bits per heavy atom. The Bertz CT molecular complexity index is 451. The van der Waals surface area contributed by atoms with Crippen LogP contribution in [0.4, 0.5) is 0 Å². The van der Waals surface area contributed by atoms with Crippen LogP contribution in [-0.4, -0.2) is 22.3 Å². The number of aromatic nitrogens is 2. The molecule has 0 amide bonds. The summed E-state index contributed by atoms with van der Waals surface area (Å²) >= 11 is 1.25. The zero-order valence-electron chi connectivity index (χ0n) is 8.01. The average molecular weight is 220 g/mol. The molecule has 0 bridgehead atoms. The molecular weight excluding hydrogens is 212 g/mol. The summed E-state index contributed by atoms with van der Waals surface area (Å²) in [5.41, 5.74) is 0.966. The number of hydrogen-bond acceptors (Lipinski definition) is 5. The Morgan fingerprint density at radius 2 is 2.27 bits per heavy atom. The number of carbonyl (C=O) groups excluding carboxylic acids is 1. The normalized spacial score (nSPS) is 9.93. The molecule has 2 heterocycles. The third-order valence-corrected chi connectivity index (χ3v) is 2.44. The summed E-state index contributed by atoms with van der Waals surface area (Å²) < 4.78 is 8.87. The maximum Gasteiger partial charge on any atom is 0.213 e. The SMILES string of the molecule is COc1ccc(C(=O)c2ccsn2)cn1. The summed E-state index contributed by atoms with van der Waals surface area (Å²) in [6, 6.07) is 5.02. The molecule has 0 aliphatic carbocycles. The average Bonchev–Trinajstić information content (AvgIpc) is 2.82. The number of ketones is 1. The van der Waals surface area contributed by atoms with Gasteiger partial charge in [-0.25, -0.2) is 4.98 Å². The maximum absolute atomic E-state index is 11.8. The molecular formula is C10H8N2O2S. The lowest BCUT2D eigenvalue weighted by Gasteiger charge is -1.99. The number of nitrogens with zero attached hydrogens (tertiary/aromatic N) is 2. The van der Waals surface area contributed by atoms with Crippen molar-refractivity contribution >= 4 is 17.3 Å². The number of ether oxygens (including phenoxy) is 1. The highest BCUT2D eigenvalue weighted by Crippen LogP contribution is 2.11. The summed E-state index contributed by atoms with van der Waals surface area (Å²) in [7, 11) is 1.53. The third-order valence-electron chi connectivity index (χ3n) is 1.88. The first-order valence-corrected chi connectivity index (χ1v) is 5.10. The molecule has 0 fully saturated rings. The second-order valence-corrected chi connectivity index (χ2v) is 3.47. The second-order valence-electron chi connectivity index (χ2n) is 2.80. The van der Waals surface area contributed by atoms with Crippen molar-refractivity contribution in [2.75, 3.05) is 7.11 Å². The highest BCUT2D eigenvalue weighted by Gasteiger charge is 2.11. The predicted octanol–water partition coefficient (Wildman–Crippen LogP) is 1.78.